The smallest absolute Gasteiger partial charge is 0.0553 e. The largest absolute Gasteiger partial charge is 0.310 e. The van der Waals surface area contributed by atoms with Crippen molar-refractivity contribution in [2.75, 3.05) is 9.80 Å². The first kappa shape index (κ1) is 38.1. The Hall–Kier alpha value is -8.44. The molecule has 0 aliphatic carbocycles. The number of thiophene rings is 1. The number of rotatable bonds is 8. The Morgan fingerprint density at radius 1 is 0.303 bits per heavy atom. The number of nitrogens with zero attached hydrogens (tertiary/aromatic N) is 3. The van der Waals surface area contributed by atoms with Crippen LogP contribution in [0.25, 0.3) is 80.3 Å². The Labute approximate surface area is 386 Å². The summed E-state index contributed by atoms with van der Waals surface area (Å²) >= 11 is 1.85. The van der Waals surface area contributed by atoms with Crippen molar-refractivity contribution in [1.82, 2.24) is 4.57 Å². The van der Waals surface area contributed by atoms with Crippen molar-refractivity contribution in [2.45, 2.75) is 0 Å². The van der Waals surface area contributed by atoms with E-state index in [-0.39, 0.29) is 0 Å². The SMILES string of the molecule is c1ccc(N(c2ccccc2)c2cc(-c3cc4c(c5ccccc35)c3c5ccccc5ccc3n4-c3ccccc3)cc(N(c3ccccc3)c3ccc4sc5ccccc5c4c3)c2)cc1. The van der Waals surface area contributed by atoms with Crippen LogP contribution in [-0.4, -0.2) is 4.57 Å². The van der Waals surface area contributed by atoms with Gasteiger partial charge in [0.1, 0.15) is 0 Å². The van der Waals surface area contributed by atoms with Gasteiger partial charge in [0.2, 0.25) is 0 Å². The lowest BCUT2D eigenvalue weighted by atomic mass is 9.93. The van der Waals surface area contributed by atoms with Crippen LogP contribution in [0.4, 0.5) is 34.1 Å². The van der Waals surface area contributed by atoms with E-state index >= 15 is 0 Å². The molecule has 0 spiro atoms. The molecule has 13 rings (SSSR count). The number of aromatic nitrogens is 1. The highest BCUT2D eigenvalue weighted by molar-refractivity contribution is 7.25. The van der Waals surface area contributed by atoms with Gasteiger partial charge in [0.05, 0.1) is 11.0 Å². The fraction of sp³-hybridized carbons (Fsp3) is 0. The van der Waals surface area contributed by atoms with Crippen molar-refractivity contribution < 1.29 is 0 Å². The summed E-state index contributed by atoms with van der Waals surface area (Å²) in [5.74, 6) is 0. The molecule has 0 saturated carbocycles. The van der Waals surface area contributed by atoms with Crippen molar-refractivity contribution in [3.8, 4) is 16.8 Å². The zero-order valence-electron chi connectivity index (χ0n) is 35.9. The Morgan fingerprint density at radius 2 is 0.818 bits per heavy atom. The molecule has 66 heavy (non-hydrogen) atoms. The molecule has 0 bridgehead atoms. The number of benzene rings is 11. The quantitative estimate of drug-likeness (QED) is 0.151. The summed E-state index contributed by atoms with van der Waals surface area (Å²) < 4.78 is 5.04. The molecule has 0 aliphatic rings. The van der Waals surface area contributed by atoms with Crippen LogP contribution >= 0.6 is 11.3 Å². The lowest BCUT2D eigenvalue weighted by Crippen LogP contribution is -2.13. The topological polar surface area (TPSA) is 11.4 Å². The maximum absolute atomic E-state index is 2.47. The van der Waals surface area contributed by atoms with Gasteiger partial charge in [0, 0.05) is 70.8 Å². The molecule has 3 nitrogen and oxygen atoms in total. The predicted octanol–water partition coefficient (Wildman–Crippen LogP) is 18.1. The van der Waals surface area contributed by atoms with Gasteiger partial charge in [-0.2, -0.15) is 0 Å². The Morgan fingerprint density at radius 3 is 1.48 bits per heavy atom. The van der Waals surface area contributed by atoms with Crippen LogP contribution in [0.5, 0.6) is 0 Å². The zero-order chi connectivity index (χ0) is 43.6. The van der Waals surface area contributed by atoms with E-state index in [1.807, 2.05) is 11.3 Å². The number of hydrogen-bond acceptors (Lipinski definition) is 3. The molecule has 0 unspecified atom stereocenters. The lowest BCUT2D eigenvalue weighted by molar-refractivity contribution is 1.18. The monoisotopic (exact) mass is 859 g/mol. The van der Waals surface area contributed by atoms with Crippen molar-refractivity contribution in [2.24, 2.45) is 0 Å². The molecule has 0 radical (unpaired) electrons. The fourth-order valence-electron chi connectivity index (χ4n) is 10.2. The predicted molar refractivity (Wildman–Crippen MR) is 283 cm³/mol. The third-order valence-corrected chi connectivity index (χ3v) is 14.2. The van der Waals surface area contributed by atoms with Gasteiger partial charge in [-0.05, 0) is 136 Å². The molecule has 310 valence electrons. The van der Waals surface area contributed by atoms with E-state index in [0.717, 1.165) is 45.4 Å². The number of anilines is 6. The summed E-state index contributed by atoms with van der Waals surface area (Å²) in [7, 11) is 0. The van der Waals surface area contributed by atoms with Gasteiger partial charge in [-0.3, -0.25) is 0 Å². The van der Waals surface area contributed by atoms with Crippen LogP contribution in [0.1, 0.15) is 0 Å². The first-order valence-electron chi connectivity index (χ1n) is 22.5. The van der Waals surface area contributed by atoms with Crippen LogP contribution in [0.2, 0.25) is 0 Å². The molecule has 0 aliphatic heterocycles. The molecule has 0 fully saturated rings. The Bertz CT molecular complexity index is 3890. The van der Waals surface area contributed by atoms with E-state index in [0.29, 0.717) is 0 Å². The van der Waals surface area contributed by atoms with Crippen molar-refractivity contribution in [1.29, 1.82) is 0 Å². The van der Waals surface area contributed by atoms with Crippen molar-refractivity contribution >= 4 is 109 Å². The first-order chi connectivity index (χ1) is 32.7. The molecule has 2 heterocycles. The van der Waals surface area contributed by atoms with Crippen LogP contribution in [-0.2, 0) is 0 Å². The van der Waals surface area contributed by atoms with E-state index in [1.165, 1.54) is 69.1 Å². The maximum atomic E-state index is 2.47. The van der Waals surface area contributed by atoms with E-state index in [4.69, 9.17) is 0 Å². The highest BCUT2D eigenvalue weighted by Gasteiger charge is 2.24. The van der Waals surface area contributed by atoms with Crippen LogP contribution in [0.15, 0.2) is 249 Å². The summed E-state index contributed by atoms with van der Waals surface area (Å²) in [6, 6.07) is 90.9. The summed E-state index contributed by atoms with van der Waals surface area (Å²) in [6.07, 6.45) is 0. The van der Waals surface area contributed by atoms with Gasteiger partial charge in [0.25, 0.3) is 0 Å². The highest BCUT2D eigenvalue weighted by Crippen LogP contribution is 2.48. The third kappa shape index (κ3) is 6.26. The first-order valence-corrected chi connectivity index (χ1v) is 23.3. The Balaban J connectivity index is 1.15. The van der Waals surface area contributed by atoms with Gasteiger partial charge in [0.15, 0.2) is 0 Å². The maximum Gasteiger partial charge on any atom is 0.0553 e. The van der Waals surface area contributed by atoms with E-state index in [9.17, 15) is 0 Å². The summed E-state index contributed by atoms with van der Waals surface area (Å²) in [6.45, 7) is 0. The molecule has 0 atom stereocenters. The molecule has 0 saturated heterocycles. The molecular weight excluding hydrogens is 819 g/mol. The highest BCUT2D eigenvalue weighted by atomic mass is 32.1. The third-order valence-electron chi connectivity index (χ3n) is 13.1. The van der Waals surface area contributed by atoms with E-state index in [1.54, 1.807) is 0 Å². The molecular formula is C62H41N3S. The second-order valence-corrected chi connectivity index (χ2v) is 18.0. The van der Waals surface area contributed by atoms with Gasteiger partial charge < -0.3 is 14.4 Å². The number of para-hydroxylation sites is 4. The van der Waals surface area contributed by atoms with Crippen molar-refractivity contribution in [3.63, 3.8) is 0 Å². The minimum absolute atomic E-state index is 1.06. The fourth-order valence-corrected chi connectivity index (χ4v) is 11.3. The standard InChI is InChI=1S/C62H41N3S/c1-5-20-44(21-6-1)63(45-22-7-2-8-23-45)49-37-43(38-50(39-49)64(46-24-9-3-10-25-46)48-34-36-60-56(40-48)53-30-17-18-32-59(53)66-60)55-41-58-62(54-31-16-15-29-52(54)55)61-51-28-14-13-19-42(51)33-35-57(61)65(58)47-26-11-4-12-27-47/h1-41H. The lowest BCUT2D eigenvalue weighted by Gasteiger charge is -2.30. The second-order valence-electron chi connectivity index (χ2n) is 16.9. The average molecular weight is 860 g/mol. The average Bonchev–Trinajstić information content (AvgIpc) is 3.93. The minimum Gasteiger partial charge on any atom is -0.310 e. The number of hydrogen-bond donors (Lipinski definition) is 0. The van der Waals surface area contributed by atoms with Gasteiger partial charge >= 0.3 is 0 Å². The molecule has 4 heteroatoms. The van der Waals surface area contributed by atoms with Gasteiger partial charge in [-0.1, -0.05) is 146 Å². The zero-order valence-corrected chi connectivity index (χ0v) is 36.7. The van der Waals surface area contributed by atoms with Crippen LogP contribution in [0.3, 0.4) is 0 Å². The second kappa shape index (κ2) is 15.7. The van der Waals surface area contributed by atoms with Gasteiger partial charge in [-0.25, -0.2) is 0 Å². The van der Waals surface area contributed by atoms with Crippen LogP contribution in [0, 0.1) is 0 Å². The van der Waals surface area contributed by atoms with Crippen LogP contribution < -0.4 is 9.80 Å². The molecule has 11 aromatic carbocycles. The minimum atomic E-state index is 1.06. The summed E-state index contributed by atoms with van der Waals surface area (Å²) in [4.78, 5) is 4.82. The van der Waals surface area contributed by atoms with E-state index in [2.05, 4.69) is 263 Å². The molecule has 0 N–H and O–H groups in total. The molecule has 13 aromatic rings. The molecule has 2 aromatic heterocycles. The normalized spacial score (nSPS) is 11.6. The Kier molecular flexibility index (Phi) is 9.03. The van der Waals surface area contributed by atoms with Gasteiger partial charge in [-0.15, -0.1) is 11.3 Å². The summed E-state index contributed by atoms with van der Waals surface area (Å²) in [5, 5.41) is 10.0. The van der Waals surface area contributed by atoms with E-state index < -0.39 is 0 Å². The summed E-state index contributed by atoms with van der Waals surface area (Å²) in [5.41, 5.74) is 12.3. The molecule has 0 amide bonds. The number of fused-ring (bicyclic) bond motifs is 10. The van der Waals surface area contributed by atoms with Crippen molar-refractivity contribution in [3.05, 3.63) is 249 Å².